The van der Waals surface area contributed by atoms with Crippen molar-refractivity contribution in [2.75, 3.05) is 6.61 Å². The summed E-state index contributed by atoms with van der Waals surface area (Å²) in [5.74, 6) is -0.0108. The lowest BCUT2D eigenvalue weighted by Gasteiger charge is -2.32. The molecule has 1 N–H and O–H groups in total. The van der Waals surface area contributed by atoms with Crippen molar-refractivity contribution in [3.63, 3.8) is 0 Å². The highest BCUT2D eigenvalue weighted by atomic mass is 32.1. The lowest BCUT2D eigenvalue weighted by atomic mass is 9.96. The van der Waals surface area contributed by atoms with E-state index in [9.17, 15) is 4.79 Å². The average Bonchev–Trinajstić information content (AvgIpc) is 2.95. The maximum atomic E-state index is 12.4. The number of aryl methyl sites for hydroxylation is 1. The number of ether oxygens (including phenoxy) is 1. The molecule has 2 atom stereocenters. The zero-order chi connectivity index (χ0) is 14.7. The summed E-state index contributed by atoms with van der Waals surface area (Å²) in [4.78, 5) is 16.4. The van der Waals surface area contributed by atoms with Crippen LogP contribution >= 0.6 is 11.3 Å². The van der Waals surface area contributed by atoms with Gasteiger partial charge in [0, 0.05) is 24.4 Å². The summed E-state index contributed by atoms with van der Waals surface area (Å²) in [7, 11) is 0. The van der Waals surface area contributed by atoms with Crippen molar-refractivity contribution in [2.45, 2.75) is 31.9 Å². The van der Waals surface area contributed by atoms with Crippen LogP contribution in [0.2, 0.25) is 0 Å². The third-order valence-corrected chi connectivity index (χ3v) is 4.64. The first-order chi connectivity index (χ1) is 10.3. The Balaban J connectivity index is 1.76. The van der Waals surface area contributed by atoms with E-state index < -0.39 is 0 Å². The summed E-state index contributed by atoms with van der Waals surface area (Å²) in [5.41, 5.74) is 2.85. The molecule has 3 heterocycles. The van der Waals surface area contributed by atoms with Gasteiger partial charge in [0.25, 0.3) is 5.91 Å². The van der Waals surface area contributed by atoms with E-state index in [1.807, 2.05) is 29.8 Å². The van der Waals surface area contributed by atoms with E-state index in [2.05, 4.69) is 10.3 Å². The second-order valence-corrected chi connectivity index (χ2v) is 6.01. The van der Waals surface area contributed by atoms with Crippen LogP contribution in [0.3, 0.4) is 0 Å². The smallest absolute Gasteiger partial charge is 0.252 e. The Hall–Kier alpha value is -1.72. The highest BCUT2D eigenvalue weighted by molar-refractivity contribution is 7.08. The van der Waals surface area contributed by atoms with E-state index in [0.717, 1.165) is 36.1 Å². The summed E-state index contributed by atoms with van der Waals surface area (Å²) in [6.45, 7) is 2.69. The van der Waals surface area contributed by atoms with Gasteiger partial charge in [0.1, 0.15) is 6.10 Å². The molecule has 1 amide bonds. The second-order valence-electron chi connectivity index (χ2n) is 5.26. The van der Waals surface area contributed by atoms with Crippen LogP contribution in [0.15, 0.2) is 35.3 Å². The van der Waals surface area contributed by atoms with E-state index in [-0.39, 0.29) is 18.1 Å². The molecule has 1 aliphatic rings. The molecule has 0 aromatic carbocycles. The second kappa shape index (κ2) is 6.37. The van der Waals surface area contributed by atoms with E-state index in [1.165, 1.54) is 0 Å². The molecule has 2 aromatic rings. The third-order valence-electron chi connectivity index (χ3n) is 3.77. The Labute approximate surface area is 128 Å². The Bertz CT molecular complexity index is 612. The molecule has 1 aliphatic heterocycles. The van der Waals surface area contributed by atoms with E-state index in [0.29, 0.717) is 0 Å². The first kappa shape index (κ1) is 14.2. The number of rotatable bonds is 3. The van der Waals surface area contributed by atoms with Crippen molar-refractivity contribution in [3.8, 4) is 0 Å². The van der Waals surface area contributed by atoms with Gasteiger partial charge in [0.05, 0.1) is 11.6 Å². The van der Waals surface area contributed by atoms with Crippen LogP contribution in [0.5, 0.6) is 0 Å². The molecule has 0 saturated carbocycles. The number of aromatic nitrogens is 1. The largest absolute Gasteiger partial charge is 0.371 e. The number of nitrogens with one attached hydrogen (secondary N) is 1. The monoisotopic (exact) mass is 302 g/mol. The van der Waals surface area contributed by atoms with Gasteiger partial charge in [-0.2, -0.15) is 11.3 Å². The van der Waals surface area contributed by atoms with Gasteiger partial charge >= 0.3 is 0 Å². The average molecular weight is 302 g/mol. The first-order valence-electron chi connectivity index (χ1n) is 7.11. The van der Waals surface area contributed by atoms with Gasteiger partial charge in [0.15, 0.2) is 0 Å². The molecule has 1 fully saturated rings. The van der Waals surface area contributed by atoms with Crippen LogP contribution in [0.1, 0.15) is 40.4 Å². The molecule has 3 rings (SSSR count). The van der Waals surface area contributed by atoms with Crippen molar-refractivity contribution in [1.29, 1.82) is 0 Å². The van der Waals surface area contributed by atoms with Crippen LogP contribution in [0.4, 0.5) is 0 Å². The SMILES string of the molecule is Cc1cscc1C(=O)N[C@H]1CCCO[C@@H]1c1ccncc1. The van der Waals surface area contributed by atoms with Gasteiger partial charge in [-0.1, -0.05) is 0 Å². The van der Waals surface area contributed by atoms with Gasteiger partial charge in [-0.05, 0) is 48.4 Å². The summed E-state index contributed by atoms with van der Waals surface area (Å²) in [6.07, 6.45) is 5.33. The molecule has 4 nitrogen and oxygen atoms in total. The van der Waals surface area contributed by atoms with Crippen molar-refractivity contribution in [1.82, 2.24) is 10.3 Å². The number of hydrogen-bond acceptors (Lipinski definition) is 4. The molecule has 21 heavy (non-hydrogen) atoms. The molecule has 0 spiro atoms. The van der Waals surface area contributed by atoms with Gasteiger partial charge in [-0.3, -0.25) is 9.78 Å². The molecule has 5 heteroatoms. The highest BCUT2D eigenvalue weighted by Gasteiger charge is 2.29. The predicted octanol–water partition coefficient (Wildman–Crippen LogP) is 3.10. The zero-order valence-electron chi connectivity index (χ0n) is 11.9. The van der Waals surface area contributed by atoms with Crippen molar-refractivity contribution in [2.24, 2.45) is 0 Å². The molecule has 0 aliphatic carbocycles. The topological polar surface area (TPSA) is 51.2 Å². The lowest BCUT2D eigenvalue weighted by molar-refractivity contribution is -0.00950. The third kappa shape index (κ3) is 3.14. The summed E-state index contributed by atoms with van der Waals surface area (Å²) >= 11 is 1.55. The van der Waals surface area contributed by atoms with E-state index in [1.54, 1.807) is 23.7 Å². The zero-order valence-corrected chi connectivity index (χ0v) is 12.7. The number of thiophene rings is 1. The normalized spacial score (nSPS) is 22.0. The maximum absolute atomic E-state index is 12.4. The summed E-state index contributed by atoms with van der Waals surface area (Å²) in [5, 5.41) is 7.02. The fourth-order valence-electron chi connectivity index (χ4n) is 2.65. The van der Waals surface area contributed by atoms with E-state index >= 15 is 0 Å². The van der Waals surface area contributed by atoms with Crippen LogP contribution in [0.25, 0.3) is 0 Å². The van der Waals surface area contributed by atoms with Crippen molar-refractivity contribution in [3.05, 3.63) is 52.0 Å². The molecular formula is C16H18N2O2S. The first-order valence-corrected chi connectivity index (χ1v) is 8.05. The number of amides is 1. The number of pyridine rings is 1. The number of carbonyl (C=O) groups excluding carboxylic acids is 1. The van der Waals surface area contributed by atoms with Crippen LogP contribution < -0.4 is 5.32 Å². The minimum atomic E-state index is -0.0929. The minimum Gasteiger partial charge on any atom is -0.371 e. The molecule has 0 radical (unpaired) electrons. The Morgan fingerprint density at radius 1 is 1.38 bits per heavy atom. The number of carbonyl (C=O) groups is 1. The molecule has 1 saturated heterocycles. The van der Waals surface area contributed by atoms with Crippen LogP contribution in [0, 0.1) is 6.92 Å². The number of nitrogens with zero attached hydrogens (tertiary/aromatic N) is 1. The molecule has 0 bridgehead atoms. The standard InChI is InChI=1S/C16H18N2O2S/c1-11-9-21-10-13(11)16(19)18-14-3-2-8-20-15(14)12-4-6-17-7-5-12/h4-7,9-10,14-15H,2-3,8H2,1H3,(H,18,19)/t14-,15+/m0/s1. The lowest BCUT2D eigenvalue weighted by Crippen LogP contribution is -2.42. The summed E-state index contributed by atoms with van der Waals surface area (Å²) in [6, 6.07) is 3.91. The fraction of sp³-hybridized carbons (Fsp3) is 0.375. The van der Waals surface area contributed by atoms with Crippen molar-refractivity contribution >= 4 is 17.2 Å². The quantitative estimate of drug-likeness (QED) is 0.948. The number of hydrogen-bond donors (Lipinski definition) is 1. The van der Waals surface area contributed by atoms with Gasteiger partial charge in [-0.15, -0.1) is 0 Å². The van der Waals surface area contributed by atoms with Crippen LogP contribution in [-0.2, 0) is 4.74 Å². The minimum absolute atomic E-state index is 0.00736. The molecular weight excluding hydrogens is 284 g/mol. The van der Waals surface area contributed by atoms with E-state index in [4.69, 9.17) is 4.74 Å². The summed E-state index contributed by atoms with van der Waals surface area (Å²) < 4.78 is 5.89. The predicted molar refractivity (Wildman–Crippen MR) is 82.5 cm³/mol. The van der Waals surface area contributed by atoms with Gasteiger partial charge in [-0.25, -0.2) is 0 Å². The van der Waals surface area contributed by atoms with Crippen molar-refractivity contribution < 1.29 is 9.53 Å². The van der Waals surface area contributed by atoms with Gasteiger partial charge < -0.3 is 10.1 Å². The molecule has 2 aromatic heterocycles. The Morgan fingerprint density at radius 2 is 2.19 bits per heavy atom. The molecule has 0 unspecified atom stereocenters. The van der Waals surface area contributed by atoms with Crippen LogP contribution in [-0.4, -0.2) is 23.5 Å². The Kier molecular flexibility index (Phi) is 4.31. The fourth-order valence-corrected chi connectivity index (χ4v) is 3.48. The Morgan fingerprint density at radius 3 is 2.90 bits per heavy atom. The molecule has 110 valence electrons. The maximum Gasteiger partial charge on any atom is 0.252 e. The van der Waals surface area contributed by atoms with Gasteiger partial charge in [0.2, 0.25) is 0 Å². The highest BCUT2D eigenvalue weighted by Crippen LogP contribution is 2.28.